The Balaban J connectivity index is 3.61. The molecule has 0 aliphatic carbocycles. The standard InChI is InChI=1S/C7H2BrClFNO2S/c8-5-1-4(3-11)7(2-6(5)10)14(9,12)13/h1-2H. The second-order valence-electron chi connectivity index (χ2n) is 2.31. The minimum absolute atomic E-state index is 0.0121. The maximum atomic E-state index is 12.9. The van der Waals surface area contributed by atoms with Crippen LogP contribution in [-0.4, -0.2) is 8.42 Å². The predicted octanol–water partition coefficient (Wildman–Crippen LogP) is 2.39. The Morgan fingerprint density at radius 1 is 1.50 bits per heavy atom. The molecular formula is C7H2BrClFNO2S. The van der Waals surface area contributed by atoms with Crippen molar-refractivity contribution >= 4 is 35.7 Å². The van der Waals surface area contributed by atoms with Crippen LogP contribution >= 0.6 is 26.6 Å². The summed E-state index contributed by atoms with van der Waals surface area (Å²) < 4.78 is 34.8. The van der Waals surface area contributed by atoms with E-state index >= 15 is 0 Å². The molecule has 0 N–H and O–H groups in total. The zero-order valence-corrected chi connectivity index (χ0v) is 9.62. The molecule has 0 atom stereocenters. The van der Waals surface area contributed by atoms with E-state index in [4.69, 9.17) is 15.9 Å². The van der Waals surface area contributed by atoms with Crippen LogP contribution in [0, 0.1) is 17.1 Å². The summed E-state index contributed by atoms with van der Waals surface area (Å²) in [5.41, 5.74) is -0.201. The van der Waals surface area contributed by atoms with Gasteiger partial charge in [0.2, 0.25) is 0 Å². The number of halogens is 3. The average molecular weight is 299 g/mol. The molecule has 0 aromatic heterocycles. The molecule has 0 heterocycles. The van der Waals surface area contributed by atoms with Gasteiger partial charge in [-0.1, -0.05) is 0 Å². The van der Waals surface area contributed by atoms with E-state index in [2.05, 4.69) is 15.9 Å². The number of benzene rings is 1. The van der Waals surface area contributed by atoms with Gasteiger partial charge in [-0.3, -0.25) is 0 Å². The van der Waals surface area contributed by atoms with Gasteiger partial charge in [0.1, 0.15) is 16.8 Å². The maximum Gasteiger partial charge on any atom is 0.262 e. The highest BCUT2D eigenvalue weighted by atomic mass is 79.9. The van der Waals surface area contributed by atoms with Crippen LogP contribution in [0.2, 0.25) is 0 Å². The molecule has 0 aliphatic rings. The van der Waals surface area contributed by atoms with Crippen molar-refractivity contribution in [3.8, 4) is 6.07 Å². The summed E-state index contributed by atoms with van der Waals surface area (Å²) in [7, 11) is 0.910. The van der Waals surface area contributed by atoms with Gasteiger partial charge in [0.05, 0.1) is 10.0 Å². The molecule has 0 saturated heterocycles. The lowest BCUT2D eigenvalue weighted by Gasteiger charge is -2.01. The summed E-state index contributed by atoms with van der Waals surface area (Å²) in [5, 5.41) is 8.58. The summed E-state index contributed by atoms with van der Waals surface area (Å²) in [6.45, 7) is 0. The minimum atomic E-state index is -4.10. The van der Waals surface area contributed by atoms with Crippen molar-refractivity contribution in [1.82, 2.24) is 0 Å². The largest absolute Gasteiger partial charge is 0.262 e. The lowest BCUT2D eigenvalue weighted by Crippen LogP contribution is -1.97. The zero-order valence-electron chi connectivity index (χ0n) is 6.46. The topological polar surface area (TPSA) is 57.9 Å². The summed E-state index contributed by atoms with van der Waals surface area (Å²) in [4.78, 5) is -0.526. The van der Waals surface area contributed by atoms with Crippen LogP contribution in [0.4, 0.5) is 4.39 Å². The molecule has 7 heteroatoms. The molecule has 0 aliphatic heterocycles. The summed E-state index contributed by atoms with van der Waals surface area (Å²) in [5.74, 6) is -0.789. The molecule has 1 aromatic rings. The van der Waals surface area contributed by atoms with E-state index in [-0.39, 0.29) is 10.0 Å². The van der Waals surface area contributed by atoms with E-state index in [0.29, 0.717) is 6.07 Å². The zero-order chi connectivity index (χ0) is 10.9. The Hall–Kier alpha value is -0.640. The van der Waals surface area contributed by atoms with Gasteiger partial charge in [-0.15, -0.1) is 0 Å². The minimum Gasteiger partial charge on any atom is -0.207 e. The molecule has 14 heavy (non-hydrogen) atoms. The quantitative estimate of drug-likeness (QED) is 0.748. The van der Waals surface area contributed by atoms with Crippen LogP contribution in [0.5, 0.6) is 0 Å². The number of rotatable bonds is 1. The molecule has 74 valence electrons. The fourth-order valence-corrected chi connectivity index (χ4v) is 2.16. The van der Waals surface area contributed by atoms with Crippen molar-refractivity contribution < 1.29 is 12.8 Å². The fourth-order valence-electron chi connectivity index (χ4n) is 0.818. The van der Waals surface area contributed by atoms with Gasteiger partial charge in [-0.2, -0.15) is 5.26 Å². The molecule has 1 aromatic carbocycles. The Bertz CT molecular complexity index is 523. The van der Waals surface area contributed by atoms with Gasteiger partial charge >= 0.3 is 0 Å². The molecule has 0 fully saturated rings. The van der Waals surface area contributed by atoms with E-state index in [1.54, 1.807) is 6.07 Å². The third kappa shape index (κ3) is 2.23. The van der Waals surface area contributed by atoms with Gasteiger partial charge < -0.3 is 0 Å². The molecule has 3 nitrogen and oxygen atoms in total. The number of hydrogen-bond donors (Lipinski definition) is 0. The molecule has 1 rings (SSSR count). The monoisotopic (exact) mass is 297 g/mol. The Morgan fingerprint density at radius 3 is 2.50 bits per heavy atom. The summed E-state index contributed by atoms with van der Waals surface area (Å²) in [6, 6.07) is 3.37. The normalized spacial score (nSPS) is 11.0. The predicted molar refractivity (Wildman–Crippen MR) is 51.9 cm³/mol. The van der Waals surface area contributed by atoms with Gasteiger partial charge in [0, 0.05) is 10.7 Å². The smallest absolute Gasteiger partial charge is 0.207 e. The van der Waals surface area contributed by atoms with E-state index in [1.807, 2.05) is 0 Å². The SMILES string of the molecule is N#Cc1cc(Br)c(F)cc1S(=O)(=O)Cl. The van der Waals surface area contributed by atoms with Crippen LogP contribution in [0.3, 0.4) is 0 Å². The first kappa shape index (κ1) is 11.4. The summed E-state index contributed by atoms with van der Waals surface area (Å²) >= 11 is 2.82. The third-order valence-corrected chi connectivity index (χ3v) is 3.38. The van der Waals surface area contributed by atoms with Gasteiger partial charge in [-0.05, 0) is 28.1 Å². The molecule has 0 spiro atoms. The van der Waals surface area contributed by atoms with E-state index in [1.165, 1.54) is 0 Å². The van der Waals surface area contributed by atoms with Crippen LogP contribution in [-0.2, 0) is 9.05 Å². The van der Waals surface area contributed by atoms with E-state index < -0.39 is 19.8 Å². The molecule has 0 bridgehead atoms. The van der Waals surface area contributed by atoms with E-state index in [0.717, 1.165) is 6.07 Å². The fraction of sp³-hybridized carbons (Fsp3) is 0. The lowest BCUT2D eigenvalue weighted by molar-refractivity contribution is 0.599. The van der Waals surface area contributed by atoms with Crippen molar-refractivity contribution in [1.29, 1.82) is 5.26 Å². The van der Waals surface area contributed by atoms with Crippen molar-refractivity contribution in [3.05, 3.63) is 28.0 Å². The summed E-state index contributed by atoms with van der Waals surface area (Å²) in [6.07, 6.45) is 0. The number of hydrogen-bond acceptors (Lipinski definition) is 3. The van der Waals surface area contributed by atoms with Crippen molar-refractivity contribution in [2.75, 3.05) is 0 Å². The van der Waals surface area contributed by atoms with Crippen molar-refractivity contribution in [2.45, 2.75) is 4.90 Å². The Kier molecular flexibility index (Phi) is 3.14. The third-order valence-electron chi connectivity index (χ3n) is 1.41. The van der Waals surface area contributed by atoms with E-state index in [9.17, 15) is 12.8 Å². The van der Waals surface area contributed by atoms with Crippen LogP contribution in [0.15, 0.2) is 21.5 Å². The van der Waals surface area contributed by atoms with Crippen molar-refractivity contribution in [2.24, 2.45) is 0 Å². The molecule has 0 saturated carbocycles. The molecule has 0 amide bonds. The molecular weight excluding hydrogens is 297 g/mol. The Labute approximate surface area is 92.7 Å². The highest BCUT2D eigenvalue weighted by Crippen LogP contribution is 2.25. The van der Waals surface area contributed by atoms with Crippen LogP contribution in [0.1, 0.15) is 5.56 Å². The van der Waals surface area contributed by atoms with Crippen LogP contribution in [0.25, 0.3) is 0 Å². The van der Waals surface area contributed by atoms with Gasteiger partial charge in [0.15, 0.2) is 0 Å². The lowest BCUT2D eigenvalue weighted by atomic mass is 10.2. The number of nitrogens with zero attached hydrogens (tertiary/aromatic N) is 1. The second kappa shape index (κ2) is 3.85. The first-order chi connectivity index (χ1) is 6.36. The number of nitriles is 1. The first-order valence-corrected chi connectivity index (χ1v) is 6.30. The van der Waals surface area contributed by atoms with Gasteiger partial charge in [0.25, 0.3) is 9.05 Å². The highest BCUT2D eigenvalue weighted by Gasteiger charge is 2.18. The van der Waals surface area contributed by atoms with Crippen LogP contribution < -0.4 is 0 Å². The Morgan fingerprint density at radius 2 is 2.07 bits per heavy atom. The molecule has 0 radical (unpaired) electrons. The first-order valence-electron chi connectivity index (χ1n) is 3.20. The maximum absolute atomic E-state index is 12.9. The molecule has 0 unspecified atom stereocenters. The second-order valence-corrected chi connectivity index (χ2v) is 5.70. The average Bonchev–Trinajstić information content (AvgIpc) is 2.07. The highest BCUT2D eigenvalue weighted by molar-refractivity contribution is 9.10. The van der Waals surface area contributed by atoms with Gasteiger partial charge in [-0.25, -0.2) is 12.8 Å². The van der Waals surface area contributed by atoms with Crippen molar-refractivity contribution in [3.63, 3.8) is 0 Å².